The number of halogens is 1. The summed E-state index contributed by atoms with van der Waals surface area (Å²) < 4.78 is 5.91. The molecule has 0 saturated heterocycles. The number of aryl methyl sites for hydroxylation is 1. The molecular formula is C26H28ClNO4S. The highest BCUT2D eigenvalue weighted by atomic mass is 35.5. The molecule has 0 amide bonds. The molecule has 0 saturated carbocycles. The molecule has 174 valence electrons. The van der Waals surface area contributed by atoms with Gasteiger partial charge in [0.05, 0.1) is 6.61 Å². The van der Waals surface area contributed by atoms with E-state index in [1.807, 2.05) is 72.8 Å². The fraction of sp³-hybridized carbons (Fsp3) is 0.269. The zero-order valence-electron chi connectivity index (χ0n) is 18.2. The molecule has 3 rings (SSSR count). The van der Waals surface area contributed by atoms with E-state index < -0.39 is 11.5 Å². The molecule has 0 heterocycles. The number of aliphatic carboxylic acids is 1. The quantitative estimate of drug-likeness (QED) is 0.311. The number of carbonyl (C=O) groups is 1. The van der Waals surface area contributed by atoms with Crippen LogP contribution in [0.3, 0.4) is 0 Å². The lowest BCUT2D eigenvalue weighted by Gasteiger charge is -2.26. The van der Waals surface area contributed by atoms with Gasteiger partial charge in [-0.3, -0.25) is 4.79 Å². The van der Waals surface area contributed by atoms with Gasteiger partial charge in [0.15, 0.2) is 0 Å². The molecule has 7 heteroatoms. The van der Waals surface area contributed by atoms with Crippen molar-refractivity contribution in [2.45, 2.75) is 47.6 Å². The van der Waals surface area contributed by atoms with Crippen molar-refractivity contribution < 1.29 is 19.7 Å². The van der Waals surface area contributed by atoms with Crippen LogP contribution in [0.4, 0.5) is 0 Å². The summed E-state index contributed by atoms with van der Waals surface area (Å²) in [6.07, 6.45) is 1.15. The van der Waals surface area contributed by atoms with Crippen LogP contribution >= 0.6 is 23.4 Å². The zero-order valence-corrected chi connectivity index (χ0v) is 19.8. The second-order valence-electron chi connectivity index (χ2n) is 8.02. The van der Waals surface area contributed by atoms with Gasteiger partial charge in [0.1, 0.15) is 12.4 Å². The first-order chi connectivity index (χ1) is 15.9. The number of benzene rings is 3. The van der Waals surface area contributed by atoms with Crippen LogP contribution in [0.5, 0.6) is 5.75 Å². The van der Waals surface area contributed by atoms with Crippen LogP contribution in [0, 0.1) is 0 Å². The number of ether oxygens (including phenoxy) is 1. The summed E-state index contributed by atoms with van der Waals surface area (Å²) in [7, 11) is 0. The van der Waals surface area contributed by atoms with Crippen molar-refractivity contribution in [1.82, 2.24) is 0 Å². The van der Waals surface area contributed by atoms with E-state index in [0.717, 1.165) is 26.7 Å². The van der Waals surface area contributed by atoms with Crippen LogP contribution in [0.15, 0.2) is 82.6 Å². The van der Waals surface area contributed by atoms with Crippen molar-refractivity contribution in [1.29, 1.82) is 0 Å². The SMILES string of the molecule is NC(CO)(CCC(=O)O)CCc1ccc(Sc2cccc(OCc3ccccc3)c2)cc1Cl. The Bertz CT molecular complexity index is 1060. The van der Waals surface area contributed by atoms with Gasteiger partial charge in [0, 0.05) is 26.8 Å². The van der Waals surface area contributed by atoms with E-state index in [-0.39, 0.29) is 19.4 Å². The molecule has 0 aliphatic heterocycles. The van der Waals surface area contributed by atoms with Gasteiger partial charge in [-0.1, -0.05) is 65.8 Å². The van der Waals surface area contributed by atoms with E-state index >= 15 is 0 Å². The minimum Gasteiger partial charge on any atom is -0.489 e. The fourth-order valence-corrected chi connectivity index (χ4v) is 4.57. The number of carboxylic acid groups (broad SMARTS) is 1. The summed E-state index contributed by atoms with van der Waals surface area (Å²) in [6.45, 7) is 0.243. The van der Waals surface area contributed by atoms with Crippen molar-refractivity contribution in [2.24, 2.45) is 5.73 Å². The molecule has 0 bridgehead atoms. The molecule has 3 aromatic carbocycles. The number of aliphatic hydroxyl groups is 1. The van der Waals surface area contributed by atoms with Gasteiger partial charge in [-0.15, -0.1) is 0 Å². The highest BCUT2D eigenvalue weighted by molar-refractivity contribution is 7.99. The number of carboxylic acids is 1. The van der Waals surface area contributed by atoms with E-state index in [2.05, 4.69) is 0 Å². The van der Waals surface area contributed by atoms with E-state index in [1.165, 1.54) is 0 Å². The van der Waals surface area contributed by atoms with Crippen molar-refractivity contribution in [2.75, 3.05) is 6.61 Å². The molecule has 5 nitrogen and oxygen atoms in total. The molecular weight excluding hydrogens is 458 g/mol. The smallest absolute Gasteiger partial charge is 0.303 e. The Labute approximate surface area is 203 Å². The average Bonchev–Trinajstić information content (AvgIpc) is 2.82. The first kappa shape index (κ1) is 25.1. The number of nitrogens with two attached hydrogens (primary N) is 1. The molecule has 1 unspecified atom stereocenters. The third kappa shape index (κ3) is 8.09. The average molecular weight is 486 g/mol. The summed E-state index contributed by atoms with van der Waals surface area (Å²) in [5, 5.41) is 19.1. The fourth-order valence-electron chi connectivity index (χ4n) is 3.32. The van der Waals surface area contributed by atoms with E-state index in [0.29, 0.717) is 24.5 Å². The van der Waals surface area contributed by atoms with Crippen LogP contribution in [-0.4, -0.2) is 28.3 Å². The van der Waals surface area contributed by atoms with Gasteiger partial charge in [-0.05, 0) is 60.7 Å². The highest BCUT2D eigenvalue weighted by Gasteiger charge is 2.25. The largest absolute Gasteiger partial charge is 0.489 e. The Kier molecular flexibility index (Phi) is 9.21. The summed E-state index contributed by atoms with van der Waals surface area (Å²) in [4.78, 5) is 12.9. The Morgan fingerprint density at radius 3 is 2.45 bits per heavy atom. The Morgan fingerprint density at radius 2 is 1.76 bits per heavy atom. The molecule has 0 spiro atoms. The monoisotopic (exact) mass is 485 g/mol. The summed E-state index contributed by atoms with van der Waals surface area (Å²) in [5.41, 5.74) is 7.27. The minimum absolute atomic E-state index is 0.0749. The Balaban J connectivity index is 1.59. The first-order valence-corrected chi connectivity index (χ1v) is 11.9. The number of rotatable bonds is 12. The van der Waals surface area contributed by atoms with Crippen molar-refractivity contribution in [3.8, 4) is 5.75 Å². The predicted octanol–water partition coefficient (Wildman–Crippen LogP) is 5.56. The third-order valence-corrected chi connectivity index (χ3v) is 6.69. The van der Waals surface area contributed by atoms with E-state index in [1.54, 1.807) is 11.8 Å². The molecule has 3 aromatic rings. The van der Waals surface area contributed by atoms with Crippen molar-refractivity contribution >= 4 is 29.3 Å². The van der Waals surface area contributed by atoms with Crippen LogP contribution in [-0.2, 0) is 17.8 Å². The third-order valence-electron chi connectivity index (χ3n) is 5.36. The van der Waals surface area contributed by atoms with Gasteiger partial charge >= 0.3 is 5.97 Å². The van der Waals surface area contributed by atoms with Gasteiger partial charge in [-0.25, -0.2) is 0 Å². The highest BCUT2D eigenvalue weighted by Crippen LogP contribution is 2.33. The summed E-state index contributed by atoms with van der Waals surface area (Å²) >= 11 is 8.10. The second kappa shape index (κ2) is 12.1. The minimum atomic E-state index is -0.935. The molecule has 0 aliphatic carbocycles. The van der Waals surface area contributed by atoms with Gasteiger partial charge < -0.3 is 20.7 Å². The lowest BCUT2D eigenvalue weighted by molar-refractivity contribution is -0.137. The van der Waals surface area contributed by atoms with Crippen LogP contribution < -0.4 is 10.5 Å². The first-order valence-electron chi connectivity index (χ1n) is 10.7. The second-order valence-corrected chi connectivity index (χ2v) is 9.57. The van der Waals surface area contributed by atoms with Crippen LogP contribution in [0.2, 0.25) is 5.02 Å². The van der Waals surface area contributed by atoms with Crippen molar-refractivity contribution in [3.63, 3.8) is 0 Å². The molecule has 1 atom stereocenters. The molecule has 0 aliphatic rings. The van der Waals surface area contributed by atoms with Crippen LogP contribution in [0.1, 0.15) is 30.4 Å². The lowest BCUT2D eigenvalue weighted by atomic mass is 9.88. The Morgan fingerprint density at radius 1 is 1.00 bits per heavy atom. The maximum absolute atomic E-state index is 10.8. The summed E-state index contributed by atoms with van der Waals surface area (Å²) in [5.74, 6) is -0.122. The van der Waals surface area contributed by atoms with Gasteiger partial charge in [0.2, 0.25) is 0 Å². The lowest BCUT2D eigenvalue weighted by Crippen LogP contribution is -2.44. The standard InChI is InChI=1S/C26H28ClNO4S/c27-24-16-23(10-9-20(24)11-13-26(28,18-29)14-12-25(30)31)33-22-8-4-7-21(15-22)32-17-19-5-2-1-3-6-19/h1-10,15-16,29H,11-14,17-18,28H2,(H,30,31). The molecule has 4 N–H and O–H groups in total. The summed E-state index contributed by atoms with van der Waals surface area (Å²) in [6, 6.07) is 23.8. The van der Waals surface area contributed by atoms with E-state index in [9.17, 15) is 9.90 Å². The Hall–Kier alpha value is -2.51. The normalized spacial score (nSPS) is 12.8. The van der Waals surface area contributed by atoms with Crippen LogP contribution in [0.25, 0.3) is 0 Å². The number of hydrogen-bond acceptors (Lipinski definition) is 5. The number of aliphatic hydroxyl groups excluding tert-OH is 1. The van der Waals surface area contributed by atoms with Gasteiger partial charge in [0.25, 0.3) is 0 Å². The van der Waals surface area contributed by atoms with Crippen molar-refractivity contribution in [3.05, 3.63) is 88.9 Å². The maximum atomic E-state index is 10.8. The molecule has 0 radical (unpaired) electrons. The number of hydrogen-bond donors (Lipinski definition) is 3. The molecule has 33 heavy (non-hydrogen) atoms. The molecule has 0 fully saturated rings. The zero-order chi connectivity index (χ0) is 23.7. The topological polar surface area (TPSA) is 92.8 Å². The molecule has 0 aromatic heterocycles. The maximum Gasteiger partial charge on any atom is 0.303 e. The van der Waals surface area contributed by atoms with E-state index in [4.69, 9.17) is 27.2 Å². The predicted molar refractivity (Wildman–Crippen MR) is 132 cm³/mol. The van der Waals surface area contributed by atoms with Gasteiger partial charge in [-0.2, -0.15) is 0 Å².